The van der Waals surface area contributed by atoms with Crippen LogP contribution in [0, 0.1) is 34.7 Å². The monoisotopic (exact) mass is 441 g/mol. The molecule has 1 aliphatic rings. The van der Waals surface area contributed by atoms with Crippen molar-refractivity contribution in [3.63, 3.8) is 0 Å². The molecule has 0 radical (unpaired) electrons. The van der Waals surface area contributed by atoms with Crippen molar-refractivity contribution in [2.24, 2.45) is 5.92 Å². The van der Waals surface area contributed by atoms with Crippen molar-refractivity contribution in [2.45, 2.75) is 19.1 Å². The maximum absolute atomic E-state index is 15.1. The summed E-state index contributed by atoms with van der Waals surface area (Å²) in [4.78, 5) is 0. The first kappa shape index (κ1) is 22.3. The predicted octanol–water partition coefficient (Wildman–Crippen LogP) is 5.22. The van der Waals surface area contributed by atoms with Gasteiger partial charge in [-0.05, 0) is 47.6 Å². The van der Waals surface area contributed by atoms with Crippen molar-refractivity contribution >= 4 is 10.8 Å². The van der Waals surface area contributed by atoms with Crippen molar-refractivity contribution in [1.82, 2.24) is 0 Å². The Morgan fingerprint density at radius 1 is 1.00 bits per heavy atom. The summed E-state index contributed by atoms with van der Waals surface area (Å²) in [6.07, 6.45) is 0.00710. The van der Waals surface area contributed by atoms with Crippen molar-refractivity contribution in [3.8, 4) is 6.07 Å². The number of nitriles is 1. The Labute approximate surface area is 184 Å². The molecule has 32 heavy (non-hydrogen) atoms. The fourth-order valence-electron chi connectivity index (χ4n) is 3.92. The van der Waals surface area contributed by atoms with Crippen LogP contribution in [-0.2, 0) is 27.1 Å². The molecule has 0 aromatic heterocycles. The first-order valence-corrected chi connectivity index (χ1v) is 10.3. The quantitative estimate of drug-likeness (QED) is 0.526. The number of aryl methyl sites for hydroxylation is 2. The Balaban J connectivity index is 1.49. The molecule has 3 aromatic carbocycles. The van der Waals surface area contributed by atoms with Crippen molar-refractivity contribution < 1.29 is 27.4 Å². The molecule has 0 unspecified atom stereocenters. The van der Waals surface area contributed by atoms with Gasteiger partial charge in [0.25, 0.3) is 0 Å². The molecular formula is C25H22F3NO3. The van der Waals surface area contributed by atoms with Crippen LogP contribution in [0.15, 0.2) is 42.5 Å². The van der Waals surface area contributed by atoms with Crippen LogP contribution in [0.3, 0.4) is 0 Å². The number of halogens is 3. The average Bonchev–Trinajstić information content (AvgIpc) is 2.79. The molecule has 7 heteroatoms. The lowest BCUT2D eigenvalue weighted by atomic mass is 9.98. The van der Waals surface area contributed by atoms with Gasteiger partial charge in [-0.3, -0.25) is 0 Å². The largest absolute Gasteiger partial charge is 0.384 e. The van der Waals surface area contributed by atoms with E-state index in [9.17, 15) is 8.78 Å². The molecule has 4 nitrogen and oxygen atoms in total. The lowest BCUT2D eigenvalue weighted by Gasteiger charge is -2.29. The maximum Gasteiger partial charge on any atom is 0.183 e. The molecule has 3 aromatic rings. The summed E-state index contributed by atoms with van der Waals surface area (Å²) in [7, 11) is 1.64. The second kappa shape index (κ2) is 9.70. The number of rotatable bonds is 6. The zero-order valence-electron chi connectivity index (χ0n) is 17.5. The molecule has 1 heterocycles. The summed E-state index contributed by atoms with van der Waals surface area (Å²) in [5.41, 5.74) is 1.01. The number of benzene rings is 3. The van der Waals surface area contributed by atoms with E-state index >= 15 is 4.39 Å². The van der Waals surface area contributed by atoms with Crippen molar-refractivity contribution in [1.29, 1.82) is 5.26 Å². The molecule has 0 saturated carbocycles. The summed E-state index contributed by atoms with van der Waals surface area (Å²) in [5, 5.41) is 9.94. The molecular weight excluding hydrogens is 419 g/mol. The third-order valence-electron chi connectivity index (χ3n) is 5.60. The van der Waals surface area contributed by atoms with Gasteiger partial charge in [-0.2, -0.15) is 5.26 Å². The zero-order valence-corrected chi connectivity index (χ0v) is 17.5. The summed E-state index contributed by atoms with van der Waals surface area (Å²) < 4.78 is 59.4. The van der Waals surface area contributed by atoms with Crippen LogP contribution < -0.4 is 0 Å². The van der Waals surface area contributed by atoms with Crippen LogP contribution >= 0.6 is 0 Å². The molecule has 1 aliphatic heterocycles. The van der Waals surface area contributed by atoms with E-state index < -0.39 is 23.5 Å². The van der Waals surface area contributed by atoms with Gasteiger partial charge in [0.1, 0.15) is 29.1 Å². The first-order valence-electron chi connectivity index (χ1n) is 10.3. The smallest absolute Gasteiger partial charge is 0.183 e. The molecule has 0 atom stereocenters. The van der Waals surface area contributed by atoms with Crippen LogP contribution in [0.2, 0.25) is 0 Å². The number of hydrogen-bond acceptors (Lipinski definition) is 4. The molecule has 4 rings (SSSR count). The SMILES string of the molecule is COCC1COC(c2ccc3c(F)c(CCc4cc(F)c(C#N)c(F)c4)ccc3c2)OC1. The van der Waals surface area contributed by atoms with Crippen molar-refractivity contribution in [3.05, 3.63) is 82.2 Å². The average molecular weight is 441 g/mol. The first-order chi connectivity index (χ1) is 15.5. The fourth-order valence-corrected chi connectivity index (χ4v) is 3.92. The molecule has 0 bridgehead atoms. The van der Waals surface area contributed by atoms with E-state index in [1.165, 1.54) is 6.07 Å². The van der Waals surface area contributed by atoms with Gasteiger partial charge in [-0.15, -0.1) is 0 Å². The van der Waals surface area contributed by atoms with Gasteiger partial charge in [0, 0.05) is 24.0 Å². The Morgan fingerprint density at radius 3 is 2.38 bits per heavy atom. The molecule has 1 saturated heterocycles. The van der Waals surface area contributed by atoms with Gasteiger partial charge in [-0.1, -0.05) is 24.3 Å². The van der Waals surface area contributed by atoms with Gasteiger partial charge < -0.3 is 14.2 Å². The van der Waals surface area contributed by atoms with E-state index in [-0.39, 0.29) is 24.6 Å². The fraction of sp³-hybridized carbons (Fsp3) is 0.320. The highest BCUT2D eigenvalue weighted by molar-refractivity contribution is 5.84. The van der Waals surface area contributed by atoms with E-state index in [1.54, 1.807) is 25.3 Å². The van der Waals surface area contributed by atoms with E-state index in [2.05, 4.69) is 0 Å². The highest BCUT2D eigenvalue weighted by atomic mass is 19.1. The van der Waals surface area contributed by atoms with Crippen LogP contribution in [0.1, 0.15) is 28.5 Å². The van der Waals surface area contributed by atoms with E-state index in [0.29, 0.717) is 41.7 Å². The highest BCUT2D eigenvalue weighted by Gasteiger charge is 2.24. The van der Waals surface area contributed by atoms with E-state index in [0.717, 1.165) is 17.7 Å². The van der Waals surface area contributed by atoms with Crippen LogP contribution in [0.4, 0.5) is 13.2 Å². The topological polar surface area (TPSA) is 51.5 Å². The Kier molecular flexibility index (Phi) is 6.75. The zero-order chi connectivity index (χ0) is 22.7. The minimum absolute atomic E-state index is 0.190. The molecule has 0 amide bonds. The third kappa shape index (κ3) is 4.63. The minimum atomic E-state index is -0.908. The minimum Gasteiger partial charge on any atom is -0.384 e. The van der Waals surface area contributed by atoms with E-state index in [4.69, 9.17) is 19.5 Å². The van der Waals surface area contributed by atoms with Gasteiger partial charge in [-0.25, -0.2) is 13.2 Å². The normalized spacial score (nSPS) is 18.6. The van der Waals surface area contributed by atoms with Crippen molar-refractivity contribution in [2.75, 3.05) is 26.9 Å². The maximum atomic E-state index is 15.1. The van der Waals surface area contributed by atoms with Gasteiger partial charge in [0.05, 0.1) is 19.8 Å². The van der Waals surface area contributed by atoms with E-state index in [1.807, 2.05) is 12.1 Å². The Morgan fingerprint density at radius 2 is 1.72 bits per heavy atom. The lowest BCUT2D eigenvalue weighted by Crippen LogP contribution is -2.29. The Hall–Kier alpha value is -2.92. The summed E-state index contributed by atoms with van der Waals surface area (Å²) in [6.45, 7) is 1.63. The number of methoxy groups -OCH3 is 1. The second-order valence-corrected chi connectivity index (χ2v) is 7.89. The number of hydrogen-bond donors (Lipinski definition) is 0. The van der Waals surface area contributed by atoms with Gasteiger partial charge in [0.15, 0.2) is 6.29 Å². The van der Waals surface area contributed by atoms with Crippen LogP contribution in [0.5, 0.6) is 0 Å². The molecule has 1 fully saturated rings. The lowest BCUT2D eigenvalue weighted by molar-refractivity contribution is -0.210. The highest BCUT2D eigenvalue weighted by Crippen LogP contribution is 2.30. The molecule has 0 spiro atoms. The summed E-state index contributed by atoms with van der Waals surface area (Å²) >= 11 is 0. The van der Waals surface area contributed by atoms with Gasteiger partial charge in [0.2, 0.25) is 0 Å². The number of nitrogens with zero attached hydrogens (tertiary/aromatic N) is 1. The summed E-state index contributed by atoms with van der Waals surface area (Å²) in [6, 6.07) is 12.5. The Bertz CT molecular complexity index is 1140. The van der Waals surface area contributed by atoms with Gasteiger partial charge >= 0.3 is 0 Å². The third-order valence-corrected chi connectivity index (χ3v) is 5.60. The van der Waals surface area contributed by atoms with Crippen LogP contribution in [0.25, 0.3) is 10.8 Å². The molecule has 166 valence electrons. The standard InChI is InChI=1S/C25H22F3NO3/c1-30-12-16-13-31-25(32-14-16)19-6-7-20-18(10-19)5-4-17(24(20)28)3-2-15-8-22(26)21(11-29)23(27)9-15/h4-10,16,25H,2-3,12-14H2,1H3. The molecule has 0 N–H and O–H groups in total. The number of ether oxygens (including phenoxy) is 3. The van der Waals surface area contributed by atoms with Crippen LogP contribution in [-0.4, -0.2) is 26.9 Å². The number of fused-ring (bicyclic) bond motifs is 1. The second-order valence-electron chi connectivity index (χ2n) is 7.89. The predicted molar refractivity (Wildman–Crippen MR) is 112 cm³/mol. The molecule has 0 aliphatic carbocycles. The summed E-state index contributed by atoms with van der Waals surface area (Å²) in [5.74, 6) is -1.99.